The van der Waals surface area contributed by atoms with Gasteiger partial charge in [-0.25, -0.2) is 4.98 Å². The van der Waals surface area contributed by atoms with Crippen molar-refractivity contribution < 1.29 is 0 Å². The molecule has 1 aliphatic rings. The third-order valence-corrected chi connectivity index (χ3v) is 4.04. The zero-order valence-electron chi connectivity index (χ0n) is 9.99. The van der Waals surface area contributed by atoms with Crippen molar-refractivity contribution in [3.63, 3.8) is 0 Å². The van der Waals surface area contributed by atoms with Gasteiger partial charge in [0.2, 0.25) is 0 Å². The van der Waals surface area contributed by atoms with Crippen molar-refractivity contribution in [3.05, 3.63) is 29.0 Å². The third-order valence-electron chi connectivity index (χ3n) is 3.01. The number of aryl methyl sites for hydroxylation is 1. The predicted molar refractivity (Wildman–Crippen MR) is 71.4 cm³/mol. The van der Waals surface area contributed by atoms with Crippen LogP contribution >= 0.6 is 11.3 Å². The topological polar surface area (TPSA) is 40.7 Å². The van der Waals surface area contributed by atoms with Crippen LogP contribution in [0.15, 0.2) is 18.3 Å². The summed E-state index contributed by atoms with van der Waals surface area (Å²) in [5, 5.41) is 3.50. The Bertz CT molecular complexity index is 496. The van der Waals surface area contributed by atoms with Gasteiger partial charge in [0.1, 0.15) is 5.82 Å². The van der Waals surface area contributed by atoms with Gasteiger partial charge in [-0.05, 0) is 31.9 Å². The first-order valence-corrected chi connectivity index (χ1v) is 6.97. The van der Waals surface area contributed by atoms with Crippen LogP contribution in [0.5, 0.6) is 0 Å². The van der Waals surface area contributed by atoms with Crippen LogP contribution in [0.4, 0.5) is 0 Å². The van der Waals surface area contributed by atoms with E-state index in [2.05, 4.69) is 34.3 Å². The van der Waals surface area contributed by atoms with E-state index in [-0.39, 0.29) is 0 Å². The average Bonchev–Trinajstić information content (AvgIpc) is 2.85. The Hall–Kier alpha value is -1.13. The summed E-state index contributed by atoms with van der Waals surface area (Å²) in [6.45, 7) is 3.16. The molecule has 0 bridgehead atoms. The lowest BCUT2D eigenvalue weighted by molar-refractivity contribution is 0.669. The minimum absolute atomic E-state index is 0.782. The molecule has 0 radical (unpaired) electrons. The SMILES string of the molecule is Cc1ccc(-c2cnc(CCNC3CC3)[nH]2)s1. The maximum Gasteiger partial charge on any atom is 0.107 e. The van der Waals surface area contributed by atoms with Crippen LogP contribution in [0.2, 0.25) is 0 Å². The summed E-state index contributed by atoms with van der Waals surface area (Å²) in [6, 6.07) is 5.08. The molecule has 0 aliphatic heterocycles. The van der Waals surface area contributed by atoms with Crippen molar-refractivity contribution in [2.75, 3.05) is 6.54 Å². The fourth-order valence-corrected chi connectivity index (χ4v) is 2.71. The van der Waals surface area contributed by atoms with E-state index in [1.54, 1.807) is 11.3 Å². The van der Waals surface area contributed by atoms with E-state index in [1.807, 2.05) is 6.20 Å². The lowest BCUT2D eigenvalue weighted by Gasteiger charge is -1.99. The molecule has 0 unspecified atom stereocenters. The number of nitrogens with zero attached hydrogens (tertiary/aromatic N) is 1. The van der Waals surface area contributed by atoms with Crippen molar-refractivity contribution in [1.82, 2.24) is 15.3 Å². The summed E-state index contributed by atoms with van der Waals surface area (Å²) >= 11 is 1.81. The van der Waals surface area contributed by atoms with Crippen LogP contribution < -0.4 is 5.32 Å². The van der Waals surface area contributed by atoms with Crippen LogP contribution in [-0.4, -0.2) is 22.6 Å². The maximum atomic E-state index is 4.43. The number of H-pyrrole nitrogens is 1. The van der Waals surface area contributed by atoms with Gasteiger partial charge >= 0.3 is 0 Å². The fraction of sp³-hybridized carbons (Fsp3) is 0.462. The highest BCUT2D eigenvalue weighted by atomic mass is 32.1. The minimum atomic E-state index is 0.782. The van der Waals surface area contributed by atoms with E-state index in [4.69, 9.17) is 0 Å². The van der Waals surface area contributed by atoms with E-state index >= 15 is 0 Å². The maximum absolute atomic E-state index is 4.43. The zero-order valence-corrected chi connectivity index (χ0v) is 10.8. The van der Waals surface area contributed by atoms with E-state index in [9.17, 15) is 0 Å². The van der Waals surface area contributed by atoms with Crippen LogP contribution in [0.1, 0.15) is 23.5 Å². The Morgan fingerprint density at radius 3 is 3.06 bits per heavy atom. The number of hydrogen-bond acceptors (Lipinski definition) is 3. The van der Waals surface area contributed by atoms with Gasteiger partial charge in [-0.2, -0.15) is 0 Å². The Morgan fingerprint density at radius 2 is 2.35 bits per heavy atom. The first-order valence-electron chi connectivity index (χ1n) is 6.15. The lowest BCUT2D eigenvalue weighted by Crippen LogP contribution is -2.19. The minimum Gasteiger partial charge on any atom is -0.341 e. The smallest absolute Gasteiger partial charge is 0.107 e. The van der Waals surface area contributed by atoms with Gasteiger partial charge in [0.05, 0.1) is 16.8 Å². The molecule has 0 atom stereocenters. The average molecular weight is 247 g/mol. The molecule has 0 aromatic carbocycles. The number of nitrogens with one attached hydrogen (secondary N) is 2. The highest BCUT2D eigenvalue weighted by Crippen LogP contribution is 2.26. The van der Waals surface area contributed by atoms with Crippen molar-refractivity contribution in [1.29, 1.82) is 0 Å². The molecular weight excluding hydrogens is 230 g/mol. The number of hydrogen-bond donors (Lipinski definition) is 2. The van der Waals surface area contributed by atoms with E-state index in [0.717, 1.165) is 30.5 Å². The van der Waals surface area contributed by atoms with Gasteiger partial charge in [0.15, 0.2) is 0 Å². The zero-order chi connectivity index (χ0) is 11.7. The molecular formula is C13H17N3S. The Kier molecular flexibility index (Phi) is 2.99. The first kappa shape index (κ1) is 11.0. The number of rotatable bonds is 5. The Balaban J connectivity index is 1.61. The van der Waals surface area contributed by atoms with Gasteiger partial charge in [0.25, 0.3) is 0 Å². The normalized spacial score (nSPS) is 15.4. The number of aromatic nitrogens is 2. The highest BCUT2D eigenvalue weighted by Gasteiger charge is 2.19. The Labute approximate surface area is 105 Å². The molecule has 0 amide bonds. The molecule has 4 heteroatoms. The summed E-state index contributed by atoms with van der Waals surface area (Å²) in [5.74, 6) is 1.08. The largest absolute Gasteiger partial charge is 0.341 e. The fourth-order valence-electron chi connectivity index (χ4n) is 1.88. The predicted octanol–water partition coefficient (Wildman–Crippen LogP) is 2.74. The summed E-state index contributed by atoms with van der Waals surface area (Å²) in [6.07, 6.45) is 5.62. The van der Waals surface area contributed by atoms with Crippen molar-refractivity contribution in [2.45, 2.75) is 32.2 Å². The molecule has 90 valence electrons. The molecule has 1 aliphatic carbocycles. The van der Waals surface area contributed by atoms with E-state index in [0.29, 0.717) is 0 Å². The monoisotopic (exact) mass is 247 g/mol. The quantitative estimate of drug-likeness (QED) is 0.853. The summed E-state index contributed by atoms with van der Waals surface area (Å²) in [4.78, 5) is 10.4. The second-order valence-corrected chi connectivity index (χ2v) is 5.92. The second kappa shape index (κ2) is 4.63. The molecule has 0 spiro atoms. The molecule has 1 saturated carbocycles. The lowest BCUT2D eigenvalue weighted by atomic mass is 10.3. The Morgan fingerprint density at radius 1 is 1.47 bits per heavy atom. The molecule has 2 N–H and O–H groups in total. The molecule has 3 rings (SSSR count). The van der Waals surface area contributed by atoms with Gasteiger partial charge in [-0.1, -0.05) is 0 Å². The van der Waals surface area contributed by atoms with E-state index < -0.39 is 0 Å². The van der Waals surface area contributed by atoms with Crippen molar-refractivity contribution in [3.8, 4) is 10.6 Å². The molecule has 1 fully saturated rings. The second-order valence-electron chi connectivity index (χ2n) is 4.63. The van der Waals surface area contributed by atoms with Gasteiger partial charge in [-0.15, -0.1) is 11.3 Å². The standard InChI is InChI=1S/C13H17N3S/c1-9-2-5-12(17-9)11-8-15-13(16-11)6-7-14-10-3-4-10/h2,5,8,10,14H,3-4,6-7H2,1H3,(H,15,16). The van der Waals surface area contributed by atoms with Crippen LogP contribution in [0, 0.1) is 6.92 Å². The molecule has 3 nitrogen and oxygen atoms in total. The number of thiophene rings is 1. The summed E-state index contributed by atoms with van der Waals surface area (Å²) in [7, 11) is 0. The van der Waals surface area contributed by atoms with Gasteiger partial charge < -0.3 is 10.3 Å². The molecule has 0 saturated heterocycles. The number of imidazole rings is 1. The van der Waals surface area contributed by atoms with Crippen LogP contribution in [-0.2, 0) is 6.42 Å². The van der Waals surface area contributed by atoms with Crippen molar-refractivity contribution in [2.24, 2.45) is 0 Å². The van der Waals surface area contributed by atoms with E-state index in [1.165, 1.54) is 22.6 Å². The molecule has 17 heavy (non-hydrogen) atoms. The molecule has 2 aromatic heterocycles. The number of aromatic amines is 1. The van der Waals surface area contributed by atoms with Gasteiger partial charge in [0, 0.05) is 23.9 Å². The molecule has 2 aromatic rings. The van der Waals surface area contributed by atoms with Crippen molar-refractivity contribution >= 4 is 11.3 Å². The summed E-state index contributed by atoms with van der Waals surface area (Å²) in [5.41, 5.74) is 1.14. The van der Waals surface area contributed by atoms with Crippen LogP contribution in [0.3, 0.4) is 0 Å². The third kappa shape index (κ3) is 2.76. The van der Waals surface area contributed by atoms with Crippen LogP contribution in [0.25, 0.3) is 10.6 Å². The summed E-state index contributed by atoms with van der Waals surface area (Å²) < 4.78 is 0. The van der Waals surface area contributed by atoms with Gasteiger partial charge in [-0.3, -0.25) is 0 Å². The first-order chi connectivity index (χ1) is 8.31. The highest BCUT2D eigenvalue weighted by molar-refractivity contribution is 7.15. The molecule has 2 heterocycles.